The molecule has 9 rings (SSSR count). The Labute approximate surface area is 454 Å². The van der Waals surface area contributed by atoms with Crippen molar-refractivity contribution in [3.8, 4) is 34.4 Å². The van der Waals surface area contributed by atoms with Crippen LogP contribution in [0.2, 0.25) is 0 Å². The number of morpholine rings is 1. The summed E-state index contributed by atoms with van der Waals surface area (Å²) >= 11 is 1.22. The molecular weight excluding hydrogens is 1030 g/mol. The van der Waals surface area contributed by atoms with E-state index < -0.39 is 77.0 Å². The van der Waals surface area contributed by atoms with Gasteiger partial charge in [-0.3, -0.25) is 29.2 Å². The Balaban J connectivity index is 1.04. The Kier molecular flexibility index (Phi) is 16.6. The molecule has 416 valence electrons. The van der Waals surface area contributed by atoms with E-state index in [0.717, 1.165) is 40.2 Å². The molecule has 1 saturated carbocycles. The summed E-state index contributed by atoms with van der Waals surface area (Å²) in [4.78, 5) is 78.3. The van der Waals surface area contributed by atoms with Gasteiger partial charge in [0.1, 0.15) is 29.6 Å². The van der Waals surface area contributed by atoms with Gasteiger partial charge in [-0.15, -0.1) is 11.3 Å². The topological polar surface area (TPSA) is 186 Å². The fraction of sp³-hybridized carbons (Fsp3) is 0.536. The van der Waals surface area contributed by atoms with E-state index in [0.29, 0.717) is 86.9 Å². The number of benzene rings is 1. The summed E-state index contributed by atoms with van der Waals surface area (Å²) in [7, 11) is 3.16. The number of aryl methyl sites for hydroxylation is 1. The van der Waals surface area contributed by atoms with Crippen LogP contribution in [0, 0.1) is 40.8 Å². The lowest BCUT2D eigenvalue weighted by atomic mass is 9.74. The molecule has 3 fully saturated rings. The molecule has 6 bridgehead atoms. The van der Waals surface area contributed by atoms with E-state index in [9.17, 15) is 32.3 Å². The molecule has 1 aliphatic carbocycles. The average molecular weight is 1100 g/mol. The number of nitrogens with one attached hydrogen (secondary N) is 2. The number of pyridine rings is 1. The van der Waals surface area contributed by atoms with Crippen molar-refractivity contribution in [3.63, 3.8) is 0 Å². The zero-order valence-electron chi connectivity index (χ0n) is 45.1. The number of likely N-dealkylation sites (N-methyl/N-ethyl adjacent to an activating group) is 1. The number of fused-ring (bicyclic) bond motifs is 6. The van der Waals surface area contributed by atoms with Crippen molar-refractivity contribution in [2.45, 2.75) is 117 Å². The Morgan fingerprint density at radius 1 is 1.06 bits per heavy atom. The van der Waals surface area contributed by atoms with Crippen molar-refractivity contribution in [2.24, 2.45) is 23.2 Å². The van der Waals surface area contributed by atoms with Gasteiger partial charge in [0.2, 0.25) is 17.6 Å². The molecule has 17 nitrogen and oxygen atoms in total. The van der Waals surface area contributed by atoms with Crippen LogP contribution in [0.5, 0.6) is 0 Å². The normalized spacial score (nSPS) is 21.7. The number of carbonyl (C=O) groups is 4. The highest BCUT2D eigenvalue weighted by Crippen LogP contribution is 2.44. The second-order valence-electron chi connectivity index (χ2n) is 21.7. The molecule has 4 aromatic heterocycles. The smallest absolute Gasteiger partial charge is 0.433 e. The number of hydrogen-bond acceptors (Lipinski definition) is 14. The van der Waals surface area contributed by atoms with Gasteiger partial charge in [0.05, 0.1) is 65.4 Å². The molecule has 1 aromatic carbocycles. The van der Waals surface area contributed by atoms with Crippen LogP contribution in [-0.2, 0) is 59.0 Å². The summed E-state index contributed by atoms with van der Waals surface area (Å²) in [6, 6.07) is 3.10. The van der Waals surface area contributed by atoms with E-state index in [-0.39, 0.29) is 42.8 Å². The van der Waals surface area contributed by atoms with Gasteiger partial charge in [0.25, 0.3) is 5.91 Å². The second kappa shape index (κ2) is 23.0. The third-order valence-corrected chi connectivity index (χ3v) is 16.0. The number of halogens is 4. The maximum absolute atomic E-state index is 17.0. The number of methoxy groups -OCH3 is 1. The molecule has 3 aliphatic heterocycles. The maximum Gasteiger partial charge on any atom is 0.433 e. The molecule has 78 heavy (non-hydrogen) atoms. The van der Waals surface area contributed by atoms with Gasteiger partial charge in [-0.05, 0) is 87.6 Å². The average Bonchev–Trinajstić information content (AvgIpc) is 3.99. The van der Waals surface area contributed by atoms with Gasteiger partial charge in [0.15, 0.2) is 0 Å². The quantitative estimate of drug-likeness (QED) is 0.0795. The first-order chi connectivity index (χ1) is 37.1. The lowest BCUT2D eigenvalue weighted by Gasteiger charge is -2.39. The molecule has 4 atom stereocenters. The van der Waals surface area contributed by atoms with E-state index in [4.69, 9.17) is 24.2 Å². The largest absolute Gasteiger partial charge is 0.464 e. The third kappa shape index (κ3) is 11.9. The predicted molar refractivity (Wildman–Crippen MR) is 284 cm³/mol. The number of hydrazine groups is 1. The molecule has 0 radical (unpaired) electrons. The monoisotopic (exact) mass is 1100 g/mol. The van der Waals surface area contributed by atoms with Crippen LogP contribution in [0.15, 0.2) is 42.0 Å². The zero-order chi connectivity index (χ0) is 55.8. The fourth-order valence-electron chi connectivity index (χ4n) is 10.9. The highest BCUT2D eigenvalue weighted by atomic mass is 32.1. The summed E-state index contributed by atoms with van der Waals surface area (Å²) < 4.78 is 76.4. The molecule has 2 N–H and O–H groups in total. The molecule has 0 unspecified atom stereocenters. The van der Waals surface area contributed by atoms with Crippen LogP contribution >= 0.6 is 11.3 Å². The standard InChI is InChI=1S/C56H66F4N10O7S/c1-9-69-44-25-40(57)37-24-36(44)39(50(69)38-23-35(68-17-19-76-20-18-68)28-62-48(38)32(4)75-8)27-55(5,6)30-77-54(74)41-11-10-16-70(66-41)53(73)42(26-47-63-43(37)29-78-47)64-51(71)49(31(2)3)67(7)52(72)34-21-33(22-34)12-13-46-61-15-14-45(65-46)56(58,59)60/h14-15,23-25,28-29,31-34,41-42,49,66H,9-11,16-22,26-27,30H2,1-8H3,(H,64,71)/t32-,33?,34?,41-,42-,49-/m0/s1. The number of anilines is 1. The summed E-state index contributed by atoms with van der Waals surface area (Å²) in [6.07, 6.45) is -0.419. The first kappa shape index (κ1) is 56.2. The van der Waals surface area contributed by atoms with E-state index in [1.807, 2.05) is 40.0 Å². The van der Waals surface area contributed by atoms with Crippen LogP contribution in [0.25, 0.3) is 33.4 Å². The molecule has 3 amide bonds. The Bertz CT molecular complexity index is 3140. The van der Waals surface area contributed by atoms with Crippen molar-refractivity contribution in [1.82, 2.24) is 45.2 Å². The van der Waals surface area contributed by atoms with Gasteiger partial charge in [0, 0.05) is 92.1 Å². The number of ether oxygens (including phenoxy) is 3. The number of alkyl halides is 3. The highest BCUT2D eigenvalue weighted by Gasteiger charge is 2.42. The predicted octanol–water partition coefficient (Wildman–Crippen LogP) is 7.55. The second-order valence-corrected chi connectivity index (χ2v) is 22.7. The number of rotatable bonds is 10. The number of hydrogen-bond donors (Lipinski definition) is 2. The third-order valence-electron chi connectivity index (χ3n) is 15.2. The summed E-state index contributed by atoms with van der Waals surface area (Å²) in [5.41, 5.74) is 6.78. The summed E-state index contributed by atoms with van der Waals surface area (Å²) in [5, 5.41) is 7.22. The Morgan fingerprint density at radius 3 is 2.53 bits per heavy atom. The van der Waals surface area contributed by atoms with E-state index in [1.165, 1.54) is 34.4 Å². The van der Waals surface area contributed by atoms with Gasteiger partial charge in [-0.25, -0.2) is 24.8 Å². The summed E-state index contributed by atoms with van der Waals surface area (Å²) in [5.74, 6) is 1.44. The number of carbonyl (C=O) groups excluding carboxylic acids is 4. The zero-order valence-corrected chi connectivity index (χ0v) is 45.9. The molecular formula is C56H66F4N10O7S. The van der Waals surface area contributed by atoms with Crippen molar-refractivity contribution < 1.29 is 51.0 Å². The first-order valence-electron chi connectivity index (χ1n) is 26.5. The van der Waals surface area contributed by atoms with Gasteiger partial charge in [-0.1, -0.05) is 33.6 Å². The van der Waals surface area contributed by atoms with Crippen molar-refractivity contribution in [3.05, 3.63) is 75.6 Å². The maximum atomic E-state index is 17.0. The van der Waals surface area contributed by atoms with Crippen molar-refractivity contribution >= 4 is 51.6 Å². The fourth-order valence-corrected chi connectivity index (χ4v) is 11.8. The lowest BCUT2D eigenvalue weighted by molar-refractivity contribution is -0.155. The number of aromatic nitrogens is 5. The number of esters is 1. The Morgan fingerprint density at radius 2 is 1.82 bits per heavy atom. The minimum Gasteiger partial charge on any atom is -0.464 e. The SMILES string of the molecule is CCn1c(-c2cc(N3CCOCC3)cnc2[C@H](C)OC)c2c3cc(c(F)cc31)-c1csc(n1)C[C@H](NC(=O)[C@H](C(C)C)N(C)C(=O)C1CC(C#Cc3nccc(C(F)(F)F)n3)C1)C(=O)N1CCC[C@H](N1)C(=O)OCC(C)(C)C2. The molecule has 5 aromatic rings. The van der Waals surface area contributed by atoms with Gasteiger partial charge < -0.3 is 33.9 Å². The number of amides is 3. The minimum atomic E-state index is -4.65. The Hall–Kier alpha value is -6.54. The number of thiazole rings is 1. The van der Waals surface area contributed by atoms with Gasteiger partial charge in [-0.2, -0.15) is 13.2 Å². The van der Waals surface area contributed by atoms with Crippen molar-refractivity contribution in [1.29, 1.82) is 0 Å². The van der Waals surface area contributed by atoms with E-state index in [2.05, 4.69) is 48.1 Å². The van der Waals surface area contributed by atoms with Gasteiger partial charge >= 0.3 is 12.1 Å². The molecule has 0 spiro atoms. The molecule has 22 heteroatoms. The summed E-state index contributed by atoms with van der Waals surface area (Å²) in [6.45, 7) is 14.8. The van der Waals surface area contributed by atoms with Crippen molar-refractivity contribution in [2.75, 3.05) is 58.5 Å². The molecule has 7 heterocycles. The van der Waals surface area contributed by atoms with Crippen LogP contribution in [0.1, 0.15) is 101 Å². The number of nitrogens with zero attached hydrogens (tertiary/aromatic N) is 8. The first-order valence-corrected chi connectivity index (χ1v) is 27.4. The van der Waals surface area contributed by atoms with Crippen LogP contribution < -0.4 is 15.6 Å². The molecule has 2 saturated heterocycles. The number of cyclic esters (lactones) is 1. The van der Waals surface area contributed by atoms with Crippen LogP contribution in [0.4, 0.5) is 23.2 Å². The minimum absolute atomic E-state index is 0.0122. The highest BCUT2D eigenvalue weighted by molar-refractivity contribution is 7.10. The van der Waals surface area contributed by atoms with Crippen LogP contribution in [0.3, 0.4) is 0 Å². The van der Waals surface area contributed by atoms with E-state index in [1.54, 1.807) is 26.3 Å². The molecule has 4 aliphatic rings. The lowest BCUT2D eigenvalue weighted by Crippen LogP contribution is -2.62. The van der Waals surface area contributed by atoms with E-state index >= 15 is 4.39 Å². The van der Waals surface area contributed by atoms with Crippen LogP contribution in [-0.4, -0.2) is 130 Å².